The van der Waals surface area contributed by atoms with Gasteiger partial charge in [0.1, 0.15) is 5.60 Å². The first-order valence-corrected chi connectivity index (χ1v) is 4.01. The van der Waals surface area contributed by atoms with E-state index in [-0.39, 0.29) is 0 Å². The van der Waals surface area contributed by atoms with Crippen LogP contribution in [0, 0.1) is 0 Å². The molecular weight excluding hydrogens is 233 g/mol. The first-order valence-electron chi connectivity index (χ1n) is 2.48. The van der Waals surface area contributed by atoms with Crippen LogP contribution in [0.15, 0.2) is 0 Å². The van der Waals surface area contributed by atoms with Crippen molar-refractivity contribution in [1.82, 2.24) is 5.73 Å². The number of amides is 1. The van der Waals surface area contributed by atoms with Crippen LogP contribution >= 0.6 is 22.6 Å². The molecule has 0 bridgehead atoms. The van der Waals surface area contributed by atoms with E-state index in [2.05, 4.69) is 27.3 Å². The maximum absolute atomic E-state index is 10.1. The summed E-state index contributed by atoms with van der Waals surface area (Å²) in [6, 6.07) is 0. The minimum absolute atomic E-state index is 0.487. The van der Waals surface area contributed by atoms with Crippen LogP contribution in [0.25, 0.3) is 0 Å². The molecule has 0 saturated heterocycles. The lowest BCUT2D eigenvalue weighted by atomic mass is 10.2. The first-order chi connectivity index (χ1) is 3.98. The highest BCUT2D eigenvalue weighted by Gasteiger charge is 2.19. The number of alkyl halides is 1. The summed E-state index contributed by atoms with van der Waals surface area (Å²) >= 11 is 2.10. The van der Waals surface area contributed by atoms with Crippen LogP contribution in [0.2, 0.25) is 0 Å². The minimum atomic E-state index is -0.961. The molecule has 1 N–H and O–H groups in total. The molecule has 0 unspecified atom stereocenters. The third kappa shape index (κ3) is 4.50. The smallest absolute Gasteiger partial charge is 0.426 e. The van der Waals surface area contributed by atoms with Gasteiger partial charge in [-0.05, 0) is 13.8 Å². The second kappa shape index (κ2) is 3.24. The number of hydrogen-bond acceptors (Lipinski definition) is 2. The Balaban J connectivity index is 3.71. The van der Waals surface area contributed by atoms with E-state index in [1.54, 1.807) is 13.8 Å². The van der Waals surface area contributed by atoms with Crippen molar-refractivity contribution in [2.45, 2.75) is 19.4 Å². The van der Waals surface area contributed by atoms with Gasteiger partial charge in [0.25, 0.3) is 0 Å². The van der Waals surface area contributed by atoms with E-state index in [0.29, 0.717) is 4.43 Å². The number of halogens is 1. The molecule has 0 aromatic heterocycles. The SMILES string of the molecule is CC(C)(CI)OC([NH])=O. The Hall–Kier alpha value is 0. The number of rotatable bonds is 2. The van der Waals surface area contributed by atoms with Crippen molar-refractivity contribution in [1.29, 1.82) is 0 Å². The van der Waals surface area contributed by atoms with E-state index in [0.717, 1.165) is 0 Å². The molecule has 53 valence electrons. The molecule has 0 rings (SSSR count). The molecule has 0 saturated carbocycles. The minimum Gasteiger partial charge on any atom is -0.442 e. The summed E-state index contributed by atoms with van der Waals surface area (Å²) in [7, 11) is 0. The van der Waals surface area contributed by atoms with Gasteiger partial charge in [0.05, 0.1) is 0 Å². The topological polar surface area (TPSA) is 50.1 Å². The van der Waals surface area contributed by atoms with Gasteiger partial charge in [-0.3, -0.25) is 0 Å². The van der Waals surface area contributed by atoms with Crippen molar-refractivity contribution in [3.8, 4) is 0 Å². The third-order valence-electron chi connectivity index (χ3n) is 0.691. The molecule has 1 radical (unpaired) electrons. The lowest BCUT2D eigenvalue weighted by Gasteiger charge is -2.19. The Morgan fingerprint density at radius 2 is 2.22 bits per heavy atom. The van der Waals surface area contributed by atoms with Gasteiger partial charge in [0.15, 0.2) is 0 Å². The summed E-state index contributed by atoms with van der Waals surface area (Å²) in [6.07, 6.45) is -0.961. The third-order valence-corrected chi connectivity index (χ3v) is 2.53. The summed E-state index contributed by atoms with van der Waals surface area (Å²) < 4.78 is 5.31. The molecule has 0 aromatic carbocycles. The van der Waals surface area contributed by atoms with Gasteiger partial charge >= 0.3 is 6.09 Å². The zero-order valence-electron chi connectivity index (χ0n) is 5.40. The zero-order chi connectivity index (χ0) is 7.49. The highest BCUT2D eigenvalue weighted by molar-refractivity contribution is 14.1. The Labute approximate surface area is 68.1 Å². The van der Waals surface area contributed by atoms with Crippen LogP contribution in [-0.4, -0.2) is 16.1 Å². The summed E-state index contributed by atoms with van der Waals surface area (Å²) in [4.78, 5) is 10.1. The second-order valence-electron chi connectivity index (χ2n) is 2.28. The van der Waals surface area contributed by atoms with Crippen LogP contribution in [0.5, 0.6) is 0 Å². The number of hydrogen-bond donors (Lipinski definition) is 0. The first kappa shape index (κ1) is 9.00. The molecule has 0 fully saturated rings. The fourth-order valence-electron chi connectivity index (χ4n) is 0.278. The van der Waals surface area contributed by atoms with Crippen molar-refractivity contribution < 1.29 is 9.53 Å². The maximum Gasteiger partial charge on any atom is 0.426 e. The molecular formula is C5H9INO2. The second-order valence-corrected chi connectivity index (χ2v) is 3.05. The number of nitrogens with one attached hydrogen (secondary N) is 1. The predicted octanol–water partition coefficient (Wildman–Crippen LogP) is 1.62. The lowest BCUT2D eigenvalue weighted by molar-refractivity contribution is 0.0641. The molecule has 9 heavy (non-hydrogen) atoms. The van der Waals surface area contributed by atoms with Gasteiger partial charge in [-0.25, -0.2) is 10.5 Å². The normalized spacial score (nSPS) is 11.0. The molecule has 1 amide bonds. The maximum atomic E-state index is 10.1. The molecule has 0 heterocycles. The highest BCUT2D eigenvalue weighted by Crippen LogP contribution is 2.11. The van der Waals surface area contributed by atoms with Crippen molar-refractivity contribution in [3.63, 3.8) is 0 Å². The van der Waals surface area contributed by atoms with Gasteiger partial charge in [0.2, 0.25) is 0 Å². The largest absolute Gasteiger partial charge is 0.442 e. The standard InChI is InChI=1S/C5H9INO2/c1-5(2,3-6)9-4(7)8/h7H,3H2,1-2H3. The van der Waals surface area contributed by atoms with Crippen LogP contribution in [0.1, 0.15) is 13.8 Å². The average molecular weight is 242 g/mol. The van der Waals surface area contributed by atoms with Gasteiger partial charge in [-0.1, -0.05) is 22.6 Å². The van der Waals surface area contributed by atoms with Gasteiger partial charge < -0.3 is 4.74 Å². The molecule has 0 aromatic rings. The van der Waals surface area contributed by atoms with Crippen LogP contribution in [-0.2, 0) is 4.74 Å². The Bertz CT molecular complexity index is 114. The Morgan fingerprint density at radius 1 is 1.78 bits per heavy atom. The van der Waals surface area contributed by atoms with E-state index in [4.69, 9.17) is 5.73 Å². The summed E-state index contributed by atoms with van der Waals surface area (Å²) in [5, 5.41) is 0. The monoisotopic (exact) mass is 242 g/mol. The Kier molecular flexibility index (Phi) is 3.24. The number of carbonyl (C=O) groups excluding carboxylic acids is 1. The van der Waals surface area contributed by atoms with E-state index in [1.807, 2.05) is 0 Å². The molecule has 0 aliphatic heterocycles. The number of carbonyl (C=O) groups is 1. The van der Waals surface area contributed by atoms with E-state index < -0.39 is 11.7 Å². The van der Waals surface area contributed by atoms with Crippen LogP contribution < -0.4 is 5.73 Å². The van der Waals surface area contributed by atoms with Gasteiger partial charge in [-0.2, -0.15) is 0 Å². The fourth-order valence-corrected chi connectivity index (χ4v) is 0.434. The molecule has 4 heteroatoms. The van der Waals surface area contributed by atoms with E-state index in [1.165, 1.54) is 0 Å². The molecule has 3 nitrogen and oxygen atoms in total. The summed E-state index contributed by atoms with van der Waals surface area (Å²) in [5.74, 6) is 0. The van der Waals surface area contributed by atoms with Crippen molar-refractivity contribution in [2.75, 3.05) is 4.43 Å². The van der Waals surface area contributed by atoms with Gasteiger partial charge in [0, 0.05) is 4.43 Å². The number of ether oxygens (including phenoxy) is 1. The van der Waals surface area contributed by atoms with E-state index in [9.17, 15) is 4.79 Å². The van der Waals surface area contributed by atoms with Crippen molar-refractivity contribution in [3.05, 3.63) is 0 Å². The van der Waals surface area contributed by atoms with Crippen molar-refractivity contribution >= 4 is 28.7 Å². The lowest BCUT2D eigenvalue weighted by Crippen LogP contribution is -2.29. The summed E-state index contributed by atoms with van der Waals surface area (Å²) in [6.45, 7) is 3.54. The highest BCUT2D eigenvalue weighted by atomic mass is 127. The quantitative estimate of drug-likeness (QED) is 0.545. The molecule has 0 aliphatic rings. The fraction of sp³-hybridized carbons (Fsp3) is 0.800. The van der Waals surface area contributed by atoms with Crippen molar-refractivity contribution in [2.24, 2.45) is 0 Å². The molecule has 0 aliphatic carbocycles. The van der Waals surface area contributed by atoms with Crippen LogP contribution in [0.4, 0.5) is 4.79 Å². The molecule has 0 spiro atoms. The average Bonchev–Trinajstić information content (AvgIpc) is 1.63. The predicted molar refractivity (Wildman–Crippen MR) is 42.5 cm³/mol. The molecule has 0 atom stereocenters. The van der Waals surface area contributed by atoms with Gasteiger partial charge in [-0.15, -0.1) is 0 Å². The zero-order valence-corrected chi connectivity index (χ0v) is 7.56. The summed E-state index contributed by atoms with van der Waals surface area (Å²) in [5.41, 5.74) is 5.99. The van der Waals surface area contributed by atoms with Crippen LogP contribution in [0.3, 0.4) is 0 Å². The Morgan fingerprint density at radius 3 is 2.33 bits per heavy atom. The van der Waals surface area contributed by atoms with E-state index >= 15 is 0 Å².